The summed E-state index contributed by atoms with van der Waals surface area (Å²) < 4.78 is 13.9. The number of carbonyl (C=O) groups excluding carboxylic acids is 1. The molecule has 4 atom stereocenters. The minimum absolute atomic E-state index is 0.0139. The van der Waals surface area contributed by atoms with E-state index in [1.54, 1.807) is 24.3 Å². The van der Waals surface area contributed by atoms with Crippen molar-refractivity contribution < 1.29 is 24.1 Å². The van der Waals surface area contributed by atoms with E-state index >= 15 is 0 Å². The molecule has 0 aliphatic carbocycles. The van der Waals surface area contributed by atoms with Gasteiger partial charge in [-0.25, -0.2) is 0 Å². The molecule has 2 heterocycles. The summed E-state index contributed by atoms with van der Waals surface area (Å²) in [6, 6.07) is 30.1. The molecule has 2 N–H and O–H groups in total. The number of hydrogen-bond acceptors (Lipinski definition) is 6. The number of pyridine rings is 1. The van der Waals surface area contributed by atoms with Gasteiger partial charge in [0.2, 0.25) is 0 Å². The van der Waals surface area contributed by atoms with Gasteiger partial charge in [0.25, 0.3) is 10.9 Å². The number of benzene rings is 3. The van der Waals surface area contributed by atoms with Gasteiger partial charge >= 0.3 is 0 Å². The second kappa shape index (κ2) is 13.1. The lowest BCUT2D eigenvalue weighted by atomic mass is 9.91. The summed E-state index contributed by atoms with van der Waals surface area (Å²) in [6.45, 7) is 2.49. The molecule has 5 rings (SSSR count). The van der Waals surface area contributed by atoms with Crippen LogP contribution < -0.4 is 10.0 Å². The highest BCUT2D eigenvalue weighted by molar-refractivity contribution is 7.99. The van der Waals surface area contributed by atoms with E-state index in [0.717, 1.165) is 27.0 Å². The maximum atomic E-state index is 12.4. The molecule has 1 fully saturated rings. The lowest BCUT2D eigenvalue weighted by Gasteiger charge is -2.41. The number of thioether (sulfide) groups is 1. The van der Waals surface area contributed by atoms with E-state index in [2.05, 4.69) is 12.2 Å². The minimum Gasteiger partial charge on any atom is -0.618 e. The van der Waals surface area contributed by atoms with Crippen molar-refractivity contribution in [2.75, 3.05) is 5.75 Å². The standard InChI is InChI=1S/C32H32N2O5S/c1-22-28(21-40-29-9-5-6-18-34(29)37)38-32(39-30(22)25-14-12-24(20-35)13-15-25)27-16-10-23(11-17-27)19-33-31(36)26-7-3-2-4-8-26/h2-18,22,28,30,32,35H,19-21H2,1H3,(H,33,36)/t22-,28+,30+,32+/m1/s1. The molecule has 1 aromatic heterocycles. The van der Waals surface area contributed by atoms with Crippen LogP contribution in [0.3, 0.4) is 0 Å². The summed E-state index contributed by atoms with van der Waals surface area (Å²) in [5.41, 5.74) is 4.30. The lowest BCUT2D eigenvalue weighted by Crippen LogP contribution is -2.39. The highest BCUT2D eigenvalue weighted by Crippen LogP contribution is 2.42. The van der Waals surface area contributed by atoms with Crippen molar-refractivity contribution in [1.29, 1.82) is 0 Å². The first-order valence-electron chi connectivity index (χ1n) is 13.3. The van der Waals surface area contributed by atoms with Crippen molar-refractivity contribution in [3.05, 3.63) is 136 Å². The number of aliphatic hydroxyl groups excluding tert-OH is 1. The number of ether oxygens (including phenoxy) is 2. The van der Waals surface area contributed by atoms with Gasteiger partial charge < -0.3 is 25.1 Å². The molecule has 40 heavy (non-hydrogen) atoms. The zero-order chi connectivity index (χ0) is 27.9. The zero-order valence-corrected chi connectivity index (χ0v) is 23.0. The Morgan fingerprint density at radius 1 is 0.900 bits per heavy atom. The number of hydrogen-bond donors (Lipinski definition) is 2. The summed E-state index contributed by atoms with van der Waals surface area (Å²) in [5, 5.41) is 25.2. The average molecular weight is 557 g/mol. The minimum atomic E-state index is -0.604. The molecule has 0 bridgehead atoms. The van der Waals surface area contributed by atoms with Crippen molar-refractivity contribution in [2.24, 2.45) is 5.92 Å². The number of carbonyl (C=O) groups is 1. The highest BCUT2D eigenvalue weighted by Gasteiger charge is 2.38. The van der Waals surface area contributed by atoms with Crippen molar-refractivity contribution in [3.8, 4) is 0 Å². The Hall–Kier alpha value is -3.69. The summed E-state index contributed by atoms with van der Waals surface area (Å²) in [6.07, 6.45) is 0.468. The molecule has 4 aromatic rings. The Morgan fingerprint density at radius 3 is 2.27 bits per heavy atom. The molecule has 0 spiro atoms. The number of aliphatic hydroxyl groups is 1. The fraction of sp³-hybridized carbons (Fsp3) is 0.250. The van der Waals surface area contributed by atoms with Gasteiger partial charge in [0.05, 0.1) is 18.8 Å². The smallest absolute Gasteiger partial charge is 0.251 e. The fourth-order valence-electron chi connectivity index (χ4n) is 4.67. The van der Waals surface area contributed by atoms with Gasteiger partial charge in [-0.2, -0.15) is 4.73 Å². The molecule has 0 unspecified atom stereocenters. The van der Waals surface area contributed by atoms with Gasteiger partial charge in [-0.3, -0.25) is 4.79 Å². The molecule has 0 radical (unpaired) electrons. The van der Waals surface area contributed by atoms with Gasteiger partial charge in [-0.15, -0.1) is 0 Å². The maximum absolute atomic E-state index is 12.4. The molecule has 8 heteroatoms. The molecule has 3 aromatic carbocycles. The van der Waals surface area contributed by atoms with Crippen molar-refractivity contribution in [2.45, 2.75) is 43.6 Å². The number of rotatable bonds is 9. The average Bonchev–Trinajstić information content (AvgIpc) is 3.01. The van der Waals surface area contributed by atoms with Crippen LogP contribution >= 0.6 is 11.8 Å². The summed E-state index contributed by atoms with van der Waals surface area (Å²) >= 11 is 1.46. The van der Waals surface area contributed by atoms with Gasteiger partial charge in [0, 0.05) is 41.5 Å². The van der Waals surface area contributed by atoms with Crippen LogP contribution in [-0.2, 0) is 22.6 Å². The first kappa shape index (κ1) is 27.9. The highest BCUT2D eigenvalue weighted by atomic mass is 32.2. The summed E-state index contributed by atoms with van der Waals surface area (Å²) in [5.74, 6) is 0.480. The first-order valence-corrected chi connectivity index (χ1v) is 14.2. The van der Waals surface area contributed by atoms with Crippen LogP contribution in [0.15, 0.2) is 108 Å². The van der Waals surface area contributed by atoms with E-state index in [1.807, 2.05) is 72.8 Å². The third kappa shape index (κ3) is 6.71. The molecule has 0 saturated carbocycles. The van der Waals surface area contributed by atoms with Crippen LogP contribution in [0.2, 0.25) is 0 Å². The van der Waals surface area contributed by atoms with E-state index in [-0.39, 0.29) is 30.6 Å². The molecule has 1 aliphatic rings. The second-order valence-corrected chi connectivity index (χ2v) is 10.8. The maximum Gasteiger partial charge on any atom is 0.251 e. The third-order valence-electron chi connectivity index (χ3n) is 7.05. The van der Waals surface area contributed by atoms with Crippen LogP contribution in [0.1, 0.15) is 51.9 Å². The van der Waals surface area contributed by atoms with Crippen LogP contribution in [0.5, 0.6) is 0 Å². The van der Waals surface area contributed by atoms with Gasteiger partial charge in [-0.05, 0) is 34.9 Å². The normalized spacial score (nSPS) is 20.6. The number of nitrogens with zero attached hydrogens (tertiary/aromatic N) is 1. The van der Waals surface area contributed by atoms with E-state index < -0.39 is 6.29 Å². The Morgan fingerprint density at radius 2 is 1.57 bits per heavy atom. The Bertz CT molecular complexity index is 1400. The van der Waals surface area contributed by atoms with Crippen LogP contribution in [0.25, 0.3) is 0 Å². The summed E-state index contributed by atoms with van der Waals surface area (Å²) in [7, 11) is 0. The number of nitrogens with one attached hydrogen (secondary N) is 1. The number of amides is 1. The Kier molecular flexibility index (Phi) is 9.13. The molecule has 206 valence electrons. The Labute approximate surface area is 238 Å². The molecular weight excluding hydrogens is 524 g/mol. The van der Waals surface area contributed by atoms with Crippen LogP contribution in [-0.4, -0.2) is 22.9 Å². The topological polar surface area (TPSA) is 94.7 Å². The van der Waals surface area contributed by atoms with Gasteiger partial charge in [0.15, 0.2) is 12.5 Å². The zero-order valence-electron chi connectivity index (χ0n) is 22.2. The van der Waals surface area contributed by atoms with E-state index in [1.165, 1.54) is 18.0 Å². The van der Waals surface area contributed by atoms with Gasteiger partial charge in [-0.1, -0.05) is 85.4 Å². The quantitative estimate of drug-likeness (QED) is 0.165. The van der Waals surface area contributed by atoms with Crippen LogP contribution in [0, 0.1) is 11.1 Å². The lowest BCUT2D eigenvalue weighted by molar-refractivity contribution is -0.645. The van der Waals surface area contributed by atoms with E-state index in [9.17, 15) is 15.1 Å². The molecule has 1 saturated heterocycles. The number of aromatic nitrogens is 1. The molecule has 7 nitrogen and oxygen atoms in total. The Balaban J connectivity index is 1.31. The van der Waals surface area contributed by atoms with E-state index in [4.69, 9.17) is 9.47 Å². The summed E-state index contributed by atoms with van der Waals surface area (Å²) in [4.78, 5) is 12.4. The first-order chi connectivity index (χ1) is 19.5. The second-order valence-electron chi connectivity index (χ2n) is 9.79. The van der Waals surface area contributed by atoms with Gasteiger partial charge in [0.1, 0.15) is 0 Å². The third-order valence-corrected chi connectivity index (χ3v) is 8.16. The van der Waals surface area contributed by atoms with Crippen molar-refractivity contribution in [3.63, 3.8) is 0 Å². The molecule has 1 amide bonds. The van der Waals surface area contributed by atoms with Crippen molar-refractivity contribution in [1.82, 2.24) is 5.32 Å². The predicted octanol–water partition coefficient (Wildman–Crippen LogP) is 5.33. The fourth-order valence-corrected chi connectivity index (χ4v) is 5.75. The molecule has 1 aliphatic heterocycles. The SMILES string of the molecule is C[C@@H]1[C@H](CSc2cccc[n+]2[O-])O[C@H](c2ccc(CNC(=O)c3ccccc3)cc2)O[C@@H]1c1ccc(CO)cc1. The van der Waals surface area contributed by atoms with Crippen molar-refractivity contribution >= 4 is 17.7 Å². The van der Waals surface area contributed by atoms with Crippen LogP contribution in [0.4, 0.5) is 0 Å². The largest absolute Gasteiger partial charge is 0.618 e. The monoisotopic (exact) mass is 556 g/mol. The molecular formula is C32H32N2O5S. The predicted molar refractivity (Wildman–Crippen MR) is 153 cm³/mol. The van der Waals surface area contributed by atoms with E-state index in [0.29, 0.717) is 22.9 Å².